The number of aryl methyl sites for hydroxylation is 2. The minimum absolute atomic E-state index is 0.0497. The maximum atomic E-state index is 11.9. The molecule has 2 rings (SSSR count). The van der Waals surface area contributed by atoms with Gasteiger partial charge in [-0.15, -0.1) is 0 Å². The van der Waals surface area contributed by atoms with E-state index in [9.17, 15) is 14.4 Å². The Bertz CT molecular complexity index is 655. The van der Waals surface area contributed by atoms with Crippen LogP contribution in [0.4, 0.5) is 0 Å². The second-order valence-corrected chi connectivity index (χ2v) is 6.31. The molecular weight excluding hydrogens is 324 g/mol. The van der Waals surface area contributed by atoms with Crippen molar-refractivity contribution in [3.63, 3.8) is 0 Å². The summed E-state index contributed by atoms with van der Waals surface area (Å²) in [6.07, 6.45) is 1.98. The number of hydrogen-bond donors (Lipinski definition) is 1. The molecule has 0 unspecified atom stereocenters. The third-order valence-electron chi connectivity index (χ3n) is 3.78. The lowest BCUT2D eigenvalue weighted by Gasteiger charge is -2.16. The minimum Gasteiger partial charge on any atom is -0.482 e. The van der Waals surface area contributed by atoms with Gasteiger partial charge in [-0.2, -0.15) is 0 Å². The topological polar surface area (TPSA) is 84.9 Å². The molecule has 1 aromatic carbocycles. The van der Waals surface area contributed by atoms with E-state index in [1.165, 1.54) is 11.9 Å². The lowest BCUT2D eigenvalue weighted by molar-refractivity contribution is -0.153. The van der Waals surface area contributed by atoms with Crippen molar-refractivity contribution < 1.29 is 23.9 Å². The molecule has 136 valence electrons. The predicted octanol–water partition coefficient (Wildman–Crippen LogP) is 0.962. The van der Waals surface area contributed by atoms with Crippen molar-refractivity contribution in [1.82, 2.24) is 10.2 Å². The molecule has 1 aliphatic carbocycles. The summed E-state index contributed by atoms with van der Waals surface area (Å²) >= 11 is 0. The van der Waals surface area contributed by atoms with Crippen molar-refractivity contribution in [1.29, 1.82) is 0 Å². The first-order valence-electron chi connectivity index (χ1n) is 8.24. The van der Waals surface area contributed by atoms with Crippen molar-refractivity contribution in [2.24, 2.45) is 0 Å². The first kappa shape index (κ1) is 18.8. The van der Waals surface area contributed by atoms with Gasteiger partial charge < -0.3 is 19.7 Å². The number of rotatable bonds is 8. The molecular formula is C18H24N2O5. The third kappa shape index (κ3) is 6.45. The van der Waals surface area contributed by atoms with Gasteiger partial charge >= 0.3 is 5.97 Å². The van der Waals surface area contributed by atoms with Crippen molar-refractivity contribution in [3.8, 4) is 5.75 Å². The smallest absolute Gasteiger partial charge is 0.344 e. The van der Waals surface area contributed by atoms with E-state index in [4.69, 9.17) is 9.47 Å². The van der Waals surface area contributed by atoms with E-state index in [1.807, 2.05) is 26.0 Å². The van der Waals surface area contributed by atoms with Crippen LogP contribution in [0.1, 0.15) is 24.0 Å². The van der Waals surface area contributed by atoms with E-state index >= 15 is 0 Å². The highest BCUT2D eigenvalue weighted by Crippen LogP contribution is 2.19. The molecule has 1 fully saturated rings. The normalized spacial score (nSPS) is 13.1. The van der Waals surface area contributed by atoms with Crippen LogP contribution in [0.2, 0.25) is 0 Å². The molecule has 0 bridgehead atoms. The van der Waals surface area contributed by atoms with Crippen molar-refractivity contribution in [2.75, 3.05) is 26.8 Å². The van der Waals surface area contributed by atoms with Gasteiger partial charge in [0.15, 0.2) is 13.2 Å². The molecule has 2 amide bonds. The Labute approximate surface area is 147 Å². The minimum atomic E-state index is -0.635. The van der Waals surface area contributed by atoms with Crippen LogP contribution in [-0.2, 0) is 19.1 Å². The molecule has 0 spiro atoms. The van der Waals surface area contributed by atoms with E-state index in [2.05, 4.69) is 5.32 Å². The Hall–Kier alpha value is -2.57. The Morgan fingerprint density at radius 3 is 2.56 bits per heavy atom. The molecule has 7 nitrogen and oxygen atoms in total. The van der Waals surface area contributed by atoms with E-state index in [-0.39, 0.29) is 25.1 Å². The monoisotopic (exact) mass is 348 g/mol. The highest BCUT2D eigenvalue weighted by Gasteiger charge is 2.24. The summed E-state index contributed by atoms with van der Waals surface area (Å²) in [5.41, 5.74) is 2.03. The van der Waals surface area contributed by atoms with Gasteiger partial charge in [-0.3, -0.25) is 9.59 Å². The predicted molar refractivity (Wildman–Crippen MR) is 91.2 cm³/mol. The van der Waals surface area contributed by atoms with Crippen molar-refractivity contribution >= 4 is 17.8 Å². The summed E-state index contributed by atoms with van der Waals surface area (Å²) in [7, 11) is 1.49. The Balaban J connectivity index is 1.67. The van der Waals surface area contributed by atoms with Gasteiger partial charge in [0.05, 0.1) is 6.54 Å². The van der Waals surface area contributed by atoms with E-state index in [0.29, 0.717) is 5.75 Å². The Kier molecular flexibility index (Phi) is 6.38. The highest BCUT2D eigenvalue weighted by molar-refractivity contribution is 5.86. The first-order valence-corrected chi connectivity index (χ1v) is 8.24. The molecule has 0 aliphatic heterocycles. The van der Waals surface area contributed by atoms with E-state index in [1.54, 1.807) is 6.07 Å². The fourth-order valence-corrected chi connectivity index (χ4v) is 2.20. The number of carbonyl (C=O) groups excluding carboxylic acids is 3. The summed E-state index contributed by atoms with van der Waals surface area (Å²) in [6.45, 7) is 3.12. The standard InChI is InChI=1S/C18H24N2O5/c1-12-4-7-15(13(2)8-12)24-11-18(23)25-10-17(22)20(3)9-16(21)19-14-5-6-14/h4,7-8,14H,5-6,9-11H2,1-3H3,(H,19,21). The van der Waals surface area contributed by atoms with Gasteiger partial charge in [-0.25, -0.2) is 4.79 Å². The lowest BCUT2D eigenvalue weighted by atomic mass is 10.1. The van der Waals surface area contributed by atoms with Crippen molar-refractivity contribution in [3.05, 3.63) is 29.3 Å². The number of amides is 2. The third-order valence-corrected chi connectivity index (χ3v) is 3.78. The second-order valence-electron chi connectivity index (χ2n) is 6.31. The number of benzene rings is 1. The van der Waals surface area contributed by atoms with E-state index < -0.39 is 18.5 Å². The Morgan fingerprint density at radius 2 is 1.92 bits per heavy atom. The highest BCUT2D eigenvalue weighted by atomic mass is 16.6. The summed E-state index contributed by atoms with van der Waals surface area (Å²) in [4.78, 5) is 36.4. The fraction of sp³-hybridized carbons (Fsp3) is 0.500. The number of hydrogen-bond acceptors (Lipinski definition) is 5. The molecule has 7 heteroatoms. The molecule has 1 saturated carbocycles. The van der Waals surface area contributed by atoms with Crippen LogP contribution < -0.4 is 10.1 Å². The number of ether oxygens (including phenoxy) is 2. The van der Waals surface area contributed by atoms with Crippen LogP contribution >= 0.6 is 0 Å². The number of carbonyl (C=O) groups is 3. The molecule has 1 N–H and O–H groups in total. The zero-order chi connectivity index (χ0) is 18.4. The number of nitrogens with zero attached hydrogens (tertiary/aromatic N) is 1. The number of nitrogens with one attached hydrogen (secondary N) is 1. The molecule has 25 heavy (non-hydrogen) atoms. The number of esters is 1. The maximum Gasteiger partial charge on any atom is 0.344 e. The molecule has 0 radical (unpaired) electrons. The average molecular weight is 348 g/mol. The zero-order valence-corrected chi connectivity index (χ0v) is 14.8. The number of likely N-dealkylation sites (N-methyl/N-ethyl adjacent to an activating group) is 1. The van der Waals surface area contributed by atoms with Crippen LogP contribution in [0.15, 0.2) is 18.2 Å². The quantitative estimate of drug-likeness (QED) is 0.708. The summed E-state index contributed by atoms with van der Waals surface area (Å²) in [6, 6.07) is 5.87. The van der Waals surface area contributed by atoms with E-state index in [0.717, 1.165) is 24.0 Å². The second kappa shape index (κ2) is 8.50. The largest absolute Gasteiger partial charge is 0.482 e. The molecule has 0 aromatic heterocycles. The molecule has 1 aliphatic rings. The van der Waals surface area contributed by atoms with Crippen LogP contribution in [0.3, 0.4) is 0 Å². The lowest BCUT2D eigenvalue weighted by Crippen LogP contribution is -2.40. The maximum absolute atomic E-state index is 11.9. The average Bonchev–Trinajstić information content (AvgIpc) is 3.35. The van der Waals surface area contributed by atoms with Gasteiger partial charge in [0.25, 0.3) is 5.91 Å². The summed E-state index contributed by atoms with van der Waals surface area (Å²) in [5, 5.41) is 2.79. The SMILES string of the molecule is Cc1ccc(OCC(=O)OCC(=O)N(C)CC(=O)NC2CC2)c(C)c1. The van der Waals surface area contributed by atoms with Crippen LogP contribution in [0, 0.1) is 13.8 Å². The summed E-state index contributed by atoms with van der Waals surface area (Å²) < 4.78 is 10.3. The van der Waals surface area contributed by atoms with Crippen LogP contribution in [0.25, 0.3) is 0 Å². The van der Waals surface area contributed by atoms with Gasteiger partial charge in [0.2, 0.25) is 5.91 Å². The van der Waals surface area contributed by atoms with Gasteiger partial charge in [0.1, 0.15) is 5.75 Å². The molecule has 1 aromatic rings. The van der Waals surface area contributed by atoms with Gasteiger partial charge in [-0.05, 0) is 38.3 Å². The Morgan fingerprint density at radius 1 is 1.20 bits per heavy atom. The zero-order valence-electron chi connectivity index (χ0n) is 14.8. The van der Waals surface area contributed by atoms with Crippen LogP contribution in [-0.4, -0.2) is 55.5 Å². The summed E-state index contributed by atoms with van der Waals surface area (Å²) in [5.74, 6) is -0.680. The molecule has 0 saturated heterocycles. The van der Waals surface area contributed by atoms with Crippen molar-refractivity contribution in [2.45, 2.75) is 32.7 Å². The van der Waals surface area contributed by atoms with Gasteiger partial charge in [-0.1, -0.05) is 17.7 Å². The fourth-order valence-electron chi connectivity index (χ4n) is 2.20. The first-order chi connectivity index (χ1) is 11.8. The molecule has 0 heterocycles. The van der Waals surface area contributed by atoms with Crippen LogP contribution in [0.5, 0.6) is 5.75 Å². The molecule has 0 atom stereocenters. The van der Waals surface area contributed by atoms with Gasteiger partial charge in [0, 0.05) is 13.1 Å².